The summed E-state index contributed by atoms with van der Waals surface area (Å²) >= 11 is 0. The van der Waals surface area contributed by atoms with Gasteiger partial charge in [0.05, 0.1) is 0 Å². The summed E-state index contributed by atoms with van der Waals surface area (Å²) in [5.74, 6) is 4.29. The monoisotopic (exact) mass is 392 g/mol. The Balaban J connectivity index is 0.000000696. The van der Waals surface area contributed by atoms with E-state index in [4.69, 9.17) is 0 Å². The van der Waals surface area contributed by atoms with Gasteiger partial charge >= 0.3 is 0 Å². The summed E-state index contributed by atoms with van der Waals surface area (Å²) in [6.45, 7) is 9.16. The lowest BCUT2D eigenvalue weighted by atomic mass is 9.72. The molecule has 0 saturated heterocycles. The summed E-state index contributed by atoms with van der Waals surface area (Å²) in [5, 5.41) is 0. The van der Waals surface area contributed by atoms with E-state index >= 15 is 0 Å². The maximum atomic E-state index is 2.40. The summed E-state index contributed by atoms with van der Waals surface area (Å²) in [6, 6.07) is 0. The molecule has 3 fully saturated rings. The largest absolute Gasteiger partial charge is 0.0654 e. The van der Waals surface area contributed by atoms with Gasteiger partial charge in [-0.3, -0.25) is 0 Å². The van der Waals surface area contributed by atoms with Gasteiger partial charge < -0.3 is 0 Å². The van der Waals surface area contributed by atoms with Crippen molar-refractivity contribution < 1.29 is 0 Å². The molecule has 2 unspecified atom stereocenters. The van der Waals surface area contributed by atoms with Gasteiger partial charge in [0.25, 0.3) is 0 Å². The fourth-order valence-corrected chi connectivity index (χ4v) is 5.90. The molecule has 3 aliphatic rings. The van der Waals surface area contributed by atoms with Crippen LogP contribution in [-0.4, -0.2) is 0 Å². The zero-order valence-electron chi connectivity index (χ0n) is 20.5. The third-order valence-electron chi connectivity index (χ3n) is 7.64. The summed E-state index contributed by atoms with van der Waals surface area (Å²) < 4.78 is 0. The van der Waals surface area contributed by atoms with Crippen molar-refractivity contribution in [3.8, 4) is 0 Å². The normalized spacial score (nSPS) is 28.7. The lowest BCUT2D eigenvalue weighted by Gasteiger charge is -2.33. The minimum Gasteiger partial charge on any atom is -0.0654 e. The van der Waals surface area contributed by atoms with Crippen LogP contribution in [0.2, 0.25) is 0 Å². The highest BCUT2D eigenvalue weighted by Crippen LogP contribution is 2.39. The van der Waals surface area contributed by atoms with Crippen LogP contribution in [0.15, 0.2) is 0 Å². The fourth-order valence-electron chi connectivity index (χ4n) is 5.90. The van der Waals surface area contributed by atoms with Crippen molar-refractivity contribution >= 4 is 0 Å². The average Bonchev–Trinajstić information content (AvgIpc) is 2.69. The number of hydrogen-bond acceptors (Lipinski definition) is 0. The van der Waals surface area contributed by atoms with Crippen LogP contribution in [0, 0.1) is 23.7 Å². The number of rotatable bonds is 9. The van der Waals surface area contributed by atoms with E-state index in [1.165, 1.54) is 77.0 Å². The molecule has 2 atom stereocenters. The van der Waals surface area contributed by atoms with Crippen molar-refractivity contribution in [3.05, 3.63) is 0 Å². The second-order valence-electron chi connectivity index (χ2n) is 10.4. The molecule has 0 aromatic heterocycles. The Labute approximate surface area is 180 Å². The first-order valence-corrected chi connectivity index (χ1v) is 13.7. The molecular formula is C28H56. The highest BCUT2D eigenvalue weighted by atomic mass is 14.3. The van der Waals surface area contributed by atoms with Gasteiger partial charge in [0, 0.05) is 0 Å². The van der Waals surface area contributed by atoms with Crippen molar-refractivity contribution in [2.45, 2.75) is 156 Å². The third-order valence-corrected chi connectivity index (χ3v) is 7.64. The van der Waals surface area contributed by atoms with Gasteiger partial charge in [-0.05, 0) is 36.5 Å². The highest BCUT2D eigenvalue weighted by molar-refractivity contribution is 4.78. The molecule has 28 heavy (non-hydrogen) atoms. The van der Waals surface area contributed by atoms with E-state index in [9.17, 15) is 0 Å². The first-order valence-electron chi connectivity index (χ1n) is 13.7. The van der Waals surface area contributed by atoms with Crippen LogP contribution in [0.1, 0.15) is 156 Å². The SMILES string of the molecule is CCCCC.CCCCCCC1CC(CCC)CCCCC2CCC(CC2)C1. The molecule has 0 spiro atoms. The zero-order chi connectivity index (χ0) is 20.5. The third kappa shape index (κ3) is 12.5. The molecule has 0 radical (unpaired) electrons. The van der Waals surface area contributed by atoms with E-state index in [0.717, 1.165) is 23.7 Å². The van der Waals surface area contributed by atoms with Gasteiger partial charge in [0.15, 0.2) is 0 Å². The number of fused-ring (bicyclic) bond motifs is 9. The second kappa shape index (κ2) is 17.8. The van der Waals surface area contributed by atoms with Crippen molar-refractivity contribution in [2.75, 3.05) is 0 Å². The van der Waals surface area contributed by atoms with Crippen LogP contribution in [0.25, 0.3) is 0 Å². The molecule has 3 saturated carbocycles. The minimum atomic E-state index is 1.05. The Bertz CT molecular complexity index is 310. The number of unbranched alkanes of at least 4 members (excludes halogenated alkanes) is 5. The second-order valence-corrected chi connectivity index (χ2v) is 10.4. The molecule has 3 rings (SSSR count). The van der Waals surface area contributed by atoms with E-state index in [1.807, 2.05) is 0 Å². The first-order chi connectivity index (χ1) is 13.7. The van der Waals surface area contributed by atoms with Crippen LogP contribution in [0.5, 0.6) is 0 Å². The van der Waals surface area contributed by atoms with Crippen molar-refractivity contribution in [3.63, 3.8) is 0 Å². The van der Waals surface area contributed by atoms with Crippen molar-refractivity contribution in [2.24, 2.45) is 23.7 Å². The maximum absolute atomic E-state index is 2.40. The molecule has 0 heteroatoms. The Morgan fingerprint density at radius 3 is 1.71 bits per heavy atom. The number of hydrogen-bond donors (Lipinski definition) is 0. The van der Waals surface area contributed by atoms with Crippen LogP contribution < -0.4 is 0 Å². The Hall–Kier alpha value is 0. The Morgan fingerprint density at radius 2 is 1.11 bits per heavy atom. The van der Waals surface area contributed by atoms with Crippen LogP contribution in [0.3, 0.4) is 0 Å². The Morgan fingerprint density at radius 1 is 0.464 bits per heavy atom. The predicted octanol–water partition coefficient (Wildman–Crippen LogP) is 10.3. The van der Waals surface area contributed by atoms with Crippen LogP contribution in [0.4, 0.5) is 0 Å². The zero-order valence-corrected chi connectivity index (χ0v) is 20.5. The maximum Gasteiger partial charge on any atom is -0.0409 e. The van der Waals surface area contributed by atoms with Gasteiger partial charge in [-0.15, -0.1) is 0 Å². The highest BCUT2D eigenvalue weighted by Gasteiger charge is 2.26. The molecular weight excluding hydrogens is 336 g/mol. The summed E-state index contributed by atoms with van der Waals surface area (Å²) in [7, 11) is 0. The molecule has 0 amide bonds. The van der Waals surface area contributed by atoms with E-state index in [0.29, 0.717) is 0 Å². The fraction of sp³-hybridized carbons (Fsp3) is 1.00. The van der Waals surface area contributed by atoms with Crippen LogP contribution >= 0.6 is 0 Å². The lowest BCUT2D eigenvalue weighted by molar-refractivity contribution is 0.188. The molecule has 0 aromatic rings. The van der Waals surface area contributed by atoms with E-state index in [1.54, 1.807) is 51.4 Å². The lowest BCUT2D eigenvalue weighted by Crippen LogP contribution is -2.20. The molecule has 2 bridgehead atoms. The van der Waals surface area contributed by atoms with Gasteiger partial charge in [-0.2, -0.15) is 0 Å². The van der Waals surface area contributed by atoms with Gasteiger partial charge in [0.2, 0.25) is 0 Å². The van der Waals surface area contributed by atoms with E-state index < -0.39 is 0 Å². The quantitative estimate of drug-likeness (QED) is 0.342. The van der Waals surface area contributed by atoms with E-state index in [-0.39, 0.29) is 0 Å². The van der Waals surface area contributed by atoms with E-state index in [2.05, 4.69) is 27.7 Å². The molecule has 0 aliphatic heterocycles. The smallest absolute Gasteiger partial charge is 0.0409 e. The average molecular weight is 393 g/mol. The van der Waals surface area contributed by atoms with Crippen molar-refractivity contribution in [1.29, 1.82) is 0 Å². The van der Waals surface area contributed by atoms with Gasteiger partial charge in [-0.1, -0.05) is 143 Å². The van der Waals surface area contributed by atoms with Crippen LogP contribution in [-0.2, 0) is 0 Å². The first kappa shape index (κ1) is 26.0. The van der Waals surface area contributed by atoms with Crippen molar-refractivity contribution in [1.82, 2.24) is 0 Å². The minimum absolute atomic E-state index is 1.05. The summed E-state index contributed by atoms with van der Waals surface area (Å²) in [6.07, 6.45) is 29.9. The molecule has 0 aromatic carbocycles. The molecule has 3 aliphatic carbocycles. The molecule has 0 nitrogen and oxygen atoms in total. The molecule has 168 valence electrons. The molecule has 0 N–H and O–H groups in total. The Kier molecular flexibility index (Phi) is 16.6. The van der Waals surface area contributed by atoms with Gasteiger partial charge in [-0.25, -0.2) is 0 Å². The molecule has 0 heterocycles. The topological polar surface area (TPSA) is 0 Å². The summed E-state index contributed by atoms with van der Waals surface area (Å²) in [4.78, 5) is 0. The standard InChI is InChI=1S/C23H44.C5H12/c1-3-5-6-7-13-23-18-21(10-4-2)12-9-8-11-20-14-16-22(19-23)17-15-20;1-3-5-4-2/h20-23H,3-19H2,1-2H3;3-5H2,1-2H3. The summed E-state index contributed by atoms with van der Waals surface area (Å²) in [5.41, 5.74) is 0. The predicted molar refractivity (Wildman–Crippen MR) is 129 cm³/mol. The van der Waals surface area contributed by atoms with Gasteiger partial charge in [0.1, 0.15) is 0 Å².